The number of likely N-dealkylation sites (N-methyl/N-ethyl adjacent to an activating group) is 1. The zero-order valence-electron chi connectivity index (χ0n) is 13.2. The molecule has 1 aliphatic heterocycles. The van der Waals surface area contributed by atoms with Gasteiger partial charge in [-0.1, -0.05) is 30.0 Å². The second-order valence-corrected chi connectivity index (χ2v) is 7.55. The molecule has 24 heavy (non-hydrogen) atoms. The zero-order valence-corrected chi connectivity index (χ0v) is 17.0. The Morgan fingerprint density at radius 2 is 2.17 bits per heavy atom. The molecule has 1 aromatic rings. The number of benzene rings is 1. The van der Waals surface area contributed by atoms with Gasteiger partial charge in [-0.2, -0.15) is 0 Å². The Hall–Kier alpha value is -1.13. The van der Waals surface area contributed by atoms with E-state index in [-0.39, 0.29) is 12.5 Å². The van der Waals surface area contributed by atoms with Crippen molar-refractivity contribution >= 4 is 68.8 Å². The number of carbonyl (C=O) groups excluding carboxylic acids is 2. The fourth-order valence-corrected chi connectivity index (χ4v) is 4.07. The van der Waals surface area contributed by atoms with E-state index in [1.54, 1.807) is 17.9 Å². The molecule has 1 heterocycles. The summed E-state index contributed by atoms with van der Waals surface area (Å²) < 4.78 is 11.7. The van der Waals surface area contributed by atoms with Gasteiger partial charge in [-0.15, -0.1) is 0 Å². The van der Waals surface area contributed by atoms with Gasteiger partial charge in [-0.3, -0.25) is 9.69 Å². The minimum absolute atomic E-state index is 0.0647. The maximum Gasteiger partial charge on any atom is 0.344 e. The van der Waals surface area contributed by atoms with Crippen LogP contribution >= 0.6 is 46.6 Å². The summed E-state index contributed by atoms with van der Waals surface area (Å²) >= 11 is 8.63. The first-order valence-corrected chi connectivity index (χ1v) is 9.60. The first-order chi connectivity index (χ1) is 11.5. The van der Waals surface area contributed by atoms with Gasteiger partial charge in [-0.05, 0) is 60.2 Å². The van der Waals surface area contributed by atoms with Crippen molar-refractivity contribution in [2.45, 2.75) is 13.8 Å². The van der Waals surface area contributed by atoms with E-state index in [4.69, 9.17) is 21.7 Å². The molecule has 0 N–H and O–H groups in total. The molecule has 8 heteroatoms. The zero-order chi connectivity index (χ0) is 17.7. The third-order valence-electron chi connectivity index (χ3n) is 3.09. The number of hydrogen-bond donors (Lipinski definition) is 0. The number of nitrogens with zero attached hydrogens (tertiary/aromatic N) is 1. The number of rotatable bonds is 6. The summed E-state index contributed by atoms with van der Waals surface area (Å²) in [6.07, 6.45) is 1.81. The van der Waals surface area contributed by atoms with Crippen LogP contribution in [0.15, 0.2) is 23.1 Å². The molecule has 1 aromatic carbocycles. The third kappa shape index (κ3) is 4.70. The van der Waals surface area contributed by atoms with Gasteiger partial charge in [0.2, 0.25) is 0 Å². The van der Waals surface area contributed by atoms with Crippen molar-refractivity contribution in [2.75, 3.05) is 19.8 Å². The Kier molecular flexibility index (Phi) is 7.05. The Labute approximate surface area is 163 Å². The third-order valence-corrected chi connectivity index (χ3v) is 5.32. The lowest BCUT2D eigenvalue weighted by molar-refractivity contribution is -0.145. The van der Waals surface area contributed by atoms with Gasteiger partial charge >= 0.3 is 5.97 Å². The maximum atomic E-state index is 12.2. The highest BCUT2D eigenvalue weighted by molar-refractivity contribution is 14.1. The molecule has 5 nitrogen and oxygen atoms in total. The Morgan fingerprint density at radius 1 is 1.42 bits per heavy atom. The smallest absolute Gasteiger partial charge is 0.344 e. The van der Waals surface area contributed by atoms with Crippen LogP contribution in [-0.4, -0.2) is 40.9 Å². The highest BCUT2D eigenvalue weighted by Gasteiger charge is 2.30. The molecule has 1 aliphatic rings. The second kappa shape index (κ2) is 8.82. The summed E-state index contributed by atoms with van der Waals surface area (Å²) in [4.78, 5) is 25.7. The highest BCUT2D eigenvalue weighted by Crippen LogP contribution is 2.33. The molecule has 0 unspecified atom stereocenters. The van der Waals surface area contributed by atoms with Gasteiger partial charge in [0.25, 0.3) is 5.91 Å². The topological polar surface area (TPSA) is 55.8 Å². The number of thioether (sulfide) groups is 1. The summed E-state index contributed by atoms with van der Waals surface area (Å²) in [5.74, 6) is 0.132. The van der Waals surface area contributed by atoms with Crippen LogP contribution in [-0.2, 0) is 14.3 Å². The van der Waals surface area contributed by atoms with Gasteiger partial charge in [0.05, 0.1) is 15.1 Å². The van der Waals surface area contributed by atoms with Gasteiger partial charge in [0.1, 0.15) is 10.1 Å². The quantitative estimate of drug-likeness (QED) is 0.271. The Bertz CT molecular complexity index is 705. The standard InChI is InChI=1S/C16H16INO4S2/c1-3-18-15(20)13(24-16(18)23)8-10-5-6-12(11(17)7-10)22-9-14(19)21-4-2/h5-8H,3-4,9H2,1-2H3. The first kappa shape index (κ1) is 19.2. The van der Waals surface area contributed by atoms with Crippen molar-refractivity contribution in [3.63, 3.8) is 0 Å². The summed E-state index contributed by atoms with van der Waals surface area (Å²) in [5.41, 5.74) is 0.875. The Morgan fingerprint density at radius 3 is 2.75 bits per heavy atom. The maximum absolute atomic E-state index is 12.2. The van der Waals surface area contributed by atoms with E-state index in [0.29, 0.717) is 28.1 Å². The van der Waals surface area contributed by atoms with Crippen LogP contribution in [0.3, 0.4) is 0 Å². The van der Waals surface area contributed by atoms with E-state index in [0.717, 1.165) is 9.13 Å². The van der Waals surface area contributed by atoms with E-state index >= 15 is 0 Å². The van der Waals surface area contributed by atoms with Crippen LogP contribution in [0.5, 0.6) is 5.75 Å². The molecule has 0 spiro atoms. The number of esters is 1. The van der Waals surface area contributed by atoms with E-state index in [1.807, 2.05) is 25.1 Å². The van der Waals surface area contributed by atoms with Crippen LogP contribution in [0.4, 0.5) is 0 Å². The molecule has 0 radical (unpaired) electrons. The molecular weight excluding hydrogens is 461 g/mol. The van der Waals surface area contributed by atoms with Gasteiger partial charge in [0.15, 0.2) is 6.61 Å². The van der Waals surface area contributed by atoms with Crippen molar-refractivity contribution in [3.05, 3.63) is 32.2 Å². The molecule has 1 amide bonds. The molecule has 2 rings (SSSR count). The van der Waals surface area contributed by atoms with Crippen molar-refractivity contribution in [1.82, 2.24) is 4.90 Å². The van der Waals surface area contributed by atoms with Crippen LogP contribution in [0.25, 0.3) is 6.08 Å². The summed E-state index contributed by atoms with van der Waals surface area (Å²) in [6, 6.07) is 5.49. The van der Waals surface area contributed by atoms with Crippen LogP contribution < -0.4 is 4.74 Å². The summed E-state index contributed by atoms with van der Waals surface area (Å²) in [7, 11) is 0. The normalized spacial score (nSPS) is 16.0. The van der Waals surface area contributed by atoms with Gasteiger partial charge in [-0.25, -0.2) is 4.79 Å². The predicted octanol–water partition coefficient (Wildman–Crippen LogP) is 3.45. The fraction of sp³-hybridized carbons (Fsp3) is 0.312. The molecule has 0 atom stereocenters. The van der Waals surface area contributed by atoms with Crippen LogP contribution in [0.1, 0.15) is 19.4 Å². The van der Waals surface area contributed by atoms with E-state index < -0.39 is 5.97 Å². The average molecular weight is 477 g/mol. The number of carbonyl (C=O) groups is 2. The summed E-state index contributed by atoms with van der Waals surface area (Å²) in [6.45, 7) is 4.41. The number of ether oxygens (including phenoxy) is 2. The van der Waals surface area contributed by atoms with E-state index in [1.165, 1.54) is 11.8 Å². The number of amides is 1. The minimum atomic E-state index is -0.402. The molecular formula is C16H16INO4S2. The lowest BCUT2D eigenvalue weighted by atomic mass is 10.2. The molecule has 0 bridgehead atoms. The average Bonchev–Trinajstić information content (AvgIpc) is 2.80. The minimum Gasteiger partial charge on any atom is -0.481 e. The predicted molar refractivity (Wildman–Crippen MR) is 107 cm³/mol. The van der Waals surface area contributed by atoms with Gasteiger partial charge < -0.3 is 9.47 Å². The van der Waals surface area contributed by atoms with Crippen molar-refractivity contribution < 1.29 is 19.1 Å². The molecule has 128 valence electrons. The SMILES string of the molecule is CCOC(=O)COc1ccc(C=C2SC(=S)N(CC)C2=O)cc1I. The molecule has 1 fully saturated rings. The molecule has 1 saturated heterocycles. The van der Waals surface area contributed by atoms with Crippen LogP contribution in [0.2, 0.25) is 0 Å². The number of thiocarbonyl (C=S) groups is 1. The fourth-order valence-electron chi connectivity index (χ4n) is 1.99. The lowest BCUT2D eigenvalue weighted by Gasteiger charge is -2.10. The Balaban J connectivity index is 2.10. The first-order valence-electron chi connectivity index (χ1n) is 7.29. The van der Waals surface area contributed by atoms with Gasteiger partial charge in [0, 0.05) is 6.54 Å². The van der Waals surface area contributed by atoms with E-state index in [9.17, 15) is 9.59 Å². The summed E-state index contributed by atoms with van der Waals surface area (Å²) in [5, 5.41) is 0. The lowest BCUT2D eigenvalue weighted by Crippen LogP contribution is -2.27. The van der Waals surface area contributed by atoms with Crippen molar-refractivity contribution in [3.8, 4) is 5.75 Å². The number of hydrogen-bond acceptors (Lipinski definition) is 6. The highest BCUT2D eigenvalue weighted by atomic mass is 127. The molecule has 0 aliphatic carbocycles. The van der Waals surface area contributed by atoms with Crippen molar-refractivity contribution in [2.24, 2.45) is 0 Å². The monoisotopic (exact) mass is 477 g/mol. The van der Waals surface area contributed by atoms with Crippen LogP contribution in [0, 0.1) is 3.57 Å². The second-order valence-electron chi connectivity index (χ2n) is 4.71. The van der Waals surface area contributed by atoms with Crippen molar-refractivity contribution in [1.29, 1.82) is 0 Å². The molecule has 0 aromatic heterocycles. The largest absolute Gasteiger partial charge is 0.481 e. The van der Waals surface area contributed by atoms with E-state index in [2.05, 4.69) is 22.6 Å². The number of halogens is 1. The molecule has 0 saturated carbocycles.